The number of guanidine groups is 1. The molecule has 5 nitrogen and oxygen atoms in total. The summed E-state index contributed by atoms with van der Waals surface area (Å²) in [6.07, 6.45) is 3.86. The van der Waals surface area contributed by atoms with Gasteiger partial charge in [0, 0.05) is 45.8 Å². The van der Waals surface area contributed by atoms with Crippen molar-refractivity contribution in [2.45, 2.75) is 45.7 Å². The Morgan fingerprint density at radius 2 is 1.90 bits per heavy atom. The zero-order valence-electron chi connectivity index (χ0n) is 18.5. The highest BCUT2D eigenvalue weighted by molar-refractivity contribution is 14.0. The molecule has 2 aliphatic heterocycles. The smallest absolute Gasteiger partial charge is 0.193 e. The molecule has 1 aromatic carbocycles. The fraction of sp³-hybridized carbons (Fsp3) is 0.696. The van der Waals surface area contributed by atoms with E-state index in [-0.39, 0.29) is 24.0 Å². The lowest BCUT2D eigenvalue weighted by molar-refractivity contribution is 0.242. The highest BCUT2D eigenvalue weighted by atomic mass is 127. The van der Waals surface area contributed by atoms with Crippen LogP contribution in [-0.2, 0) is 6.54 Å². The van der Waals surface area contributed by atoms with Crippen LogP contribution < -0.4 is 5.32 Å². The average molecular weight is 514 g/mol. The molecule has 6 heteroatoms. The van der Waals surface area contributed by atoms with Crippen molar-refractivity contribution in [3.8, 4) is 0 Å². The summed E-state index contributed by atoms with van der Waals surface area (Å²) in [5, 5.41) is 3.69. The Hall–Kier alpha value is -0.860. The van der Waals surface area contributed by atoms with E-state index in [1.807, 2.05) is 7.05 Å². The van der Waals surface area contributed by atoms with Gasteiger partial charge in [-0.3, -0.25) is 9.89 Å². The van der Waals surface area contributed by atoms with Crippen molar-refractivity contribution in [2.75, 3.05) is 52.9 Å². The van der Waals surface area contributed by atoms with Crippen molar-refractivity contribution in [1.82, 2.24) is 20.0 Å². The molecular weight excluding hydrogens is 473 g/mol. The second kappa shape index (κ2) is 12.7. The molecule has 2 atom stereocenters. The van der Waals surface area contributed by atoms with Crippen LogP contribution >= 0.6 is 24.0 Å². The van der Waals surface area contributed by atoms with Crippen molar-refractivity contribution in [3.05, 3.63) is 35.9 Å². The largest absolute Gasteiger partial charge is 0.355 e. The summed E-state index contributed by atoms with van der Waals surface area (Å²) in [5.74, 6) is 1.85. The third kappa shape index (κ3) is 7.10. The Balaban J connectivity index is 0.00000300. The van der Waals surface area contributed by atoms with Gasteiger partial charge in [-0.2, -0.15) is 0 Å². The maximum Gasteiger partial charge on any atom is 0.193 e. The molecule has 0 spiro atoms. The molecule has 164 valence electrons. The van der Waals surface area contributed by atoms with Gasteiger partial charge in [0.15, 0.2) is 5.96 Å². The minimum absolute atomic E-state index is 0. The molecular formula is C23H40IN5. The Kier molecular flexibility index (Phi) is 10.7. The zero-order chi connectivity index (χ0) is 19.8. The van der Waals surface area contributed by atoms with Crippen molar-refractivity contribution < 1.29 is 0 Å². The van der Waals surface area contributed by atoms with Crippen molar-refractivity contribution in [1.29, 1.82) is 0 Å². The molecule has 1 N–H and O–H groups in total. The number of rotatable bonds is 8. The van der Waals surface area contributed by atoms with Crippen LogP contribution in [0.25, 0.3) is 0 Å². The minimum atomic E-state index is 0. The van der Waals surface area contributed by atoms with E-state index >= 15 is 0 Å². The molecule has 3 rings (SSSR count). The highest BCUT2D eigenvalue weighted by Crippen LogP contribution is 2.21. The lowest BCUT2D eigenvalue weighted by Gasteiger charge is -2.28. The highest BCUT2D eigenvalue weighted by Gasteiger charge is 2.28. The molecule has 2 heterocycles. The first-order valence-electron chi connectivity index (χ1n) is 11.2. The Bertz CT molecular complexity index is 605. The van der Waals surface area contributed by atoms with Crippen molar-refractivity contribution in [3.63, 3.8) is 0 Å². The monoisotopic (exact) mass is 513 g/mol. The SMILES string of the molecule is CCN(CC)CC1CCN(C(=NC)NCC2CCCN2Cc2ccccc2)C1.I. The maximum absolute atomic E-state index is 4.59. The summed E-state index contributed by atoms with van der Waals surface area (Å²) in [7, 11) is 1.93. The normalized spacial score (nSPS) is 22.9. The predicted octanol–water partition coefficient (Wildman–Crippen LogP) is 3.51. The fourth-order valence-corrected chi connectivity index (χ4v) is 4.71. The van der Waals surface area contributed by atoms with E-state index < -0.39 is 0 Å². The van der Waals surface area contributed by atoms with Crippen LogP contribution in [0.3, 0.4) is 0 Å². The second-order valence-electron chi connectivity index (χ2n) is 8.27. The average Bonchev–Trinajstić information content (AvgIpc) is 3.37. The molecule has 0 bridgehead atoms. The number of hydrogen-bond donors (Lipinski definition) is 1. The molecule has 0 amide bonds. The number of halogens is 1. The predicted molar refractivity (Wildman–Crippen MR) is 134 cm³/mol. The summed E-state index contributed by atoms with van der Waals surface area (Å²) in [6, 6.07) is 11.5. The van der Waals surface area contributed by atoms with Crippen molar-refractivity contribution >= 4 is 29.9 Å². The number of nitrogens with zero attached hydrogens (tertiary/aromatic N) is 4. The van der Waals surface area contributed by atoms with E-state index in [2.05, 4.69) is 69.2 Å². The minimum Gasteiger partial charge on any atom is -0.355 e. The van der Waals surface area contributed by atoms with Gasteiger partial charge in [-0.05, 0) is 50.4 Å². The number of aliphatic imine (C=N–C) groups is 1. The van der Waals surface area contributed by atoms with Crippen LogP contribution in [-0.4, -0.2) is 79.6 Å². The van der Waals surface area contributed by atoms with E-state index in [9.17, 15) is 0 Å². The molecule has 29 heavy (non-hydrogen) atoms. The van der Waals surface area contributed by atoms with E-state index in [4.69, 9.17) is 0 Å². The number of nitrogens with one attached hydrogen (secondary N) is 1. The third-order valence-corrected chi connectivity index (χ3v) is 6.43. The third-order valence-electron chi connectivity index (χ3n) is 6.43. The Morgan fingerprint density at radius 1 is 1.14 bits per heavy atom. The van der Waals surface area contributed by atoms with Gasteiger partial charge in [0.05, 0.1) is 0 Å². The van der Waals surface area contributed by atoms with Crippen molar-refractivity contribution in [2.24, 2.45) is 10.9 Å². The van der Waals surface area contributed by atoms with Crippen LogP contribution in [0.5, 0.6) is 0 Å². The summed E-state index contributed by atoms with van der Waals surface area (Å²) in [5.41, 5.74) is 1.41. The van der Waals surface area contributed by atoms with Crippen LogP contribution in [0.4, 0.5) is 0 Å². The van der Waals surface area contributed by atoms with Gasteiger partial charge in [0.2, 0.25) is 0 Å². The van der Waals surface area contributed by atoms with E-state index in [0.29, 0.717) is 6.04 Å². The van der Waals surface area contributed by atoms with Gasteiger partial charge in [-0.25, -0.2) is 0 Å². The first kappa shape index (κ1) is 24.4. The molecule has 0 aliphatic carbocycles. The molecule has 1 aromatic rings. The van der Waals surface area contributed by atoms with Gasteiger partial charge < -0.3 is 15.1 Å². The fourth-order valence-electron chi connectivity index (χ4n) is 4.71. The summed E-state index contributed by atoms with van der Waals surface area (Å²) < 4.78 is 0. The standard InChI is InChI=1S/C23H39N5.HI/c1-4-26(5-2)17-21-13-15-28(19-21)23(24-3)25-16-22-12-9-14-27(22)18-20-10-7-6-8-11-20;/h6-8,10-11,21-22H,4-5,9,12-19H2,1-3H3,(H,24,25);1H. The summed E-state index contributed by atoms with van der Waals surface area (Å²) in [4.78, 5) is 12.2. The Morgan fingerprint density at radius 3 is 2.59 bits per heavy atom. The summed E-state index contributed by atoms with van der Waals surface area (Å²) >= 11 is 0. The first-order valence-corrected chi connectivity index (χ1v) is 11.2. The van der Waals surface area contributed by atoms with Crippen LogP contribution in [0.15, 0.2) is 35.3 Å². The van der Waals surface area contributed by atoms with Gasteiger partial charge in [-0.1, -0.05) is 44.2 Å². The number of hydrogen-bond acceptors (Lipinski definition) is 3. The molecule has 2 aliphatic rings. The molecule has 0 saturated carbocycles. The molecule has 0 aromatic heterocycles. The second-order valence-corrected chi connectivity index (χ2v) is 8.27. The quantitative estimate of drug-likeness (QED) is 0.328. The maximum atomic E-state index is 4.59. The topological polar surface area (TPSA) is 34.1 Å². The molecule has 2 saturated heterocycles. The van der Waals surface area contributed by atoms with E-state index in [0.717, 1.165) is 51.1 Å². The molecule has 2 unspecified atom stereocenters. The molecule has 0 radical (unpaired) electrons. The number of likely N-dealkylation sites (tertiary alicyclic amines) is 2. The van der Waals surface area contributed by atoms with Crippen LogP contribution in [0.2, 0.25) is 0 Å². The van der Waals surface area contributed by atoms with Gasteiger partial charge >= 0.3 is 0 Å². The lowest BCUT2D eigenvalue weighted by atomic mass is 10.1. The number of benzene rings is 1. The molecule has 2 fully saturated rings. The zero-order valence-corrected chi connectivity index (χ0v) is 20.8. The Labute approximate surface area is 194 Å². The van der Waals surface area contributed by atoms with Gasteiger partial charge in [0.25, 0.3) is 0 Å². The first-order chi connectivity index (χ1) is 13.7. The van der Waals surface area contributed by atoms with E-state index in [1.54, 1.807) is 0 Å². The van der Waals surface area contributed by atoms with Gasteiger partial charge in [0.1, 0.15) is 0 Å². The summed E-state index contributed by atoms with van der Waals surface area (Å²) in [6.45, 7) is 13.6. The van der Waals surface area contributed by atoms with Gasteiger partial charge in [-0.15, -0.1) is 24.0 Å². The lowest BCUT2D eigenvalue weighted by Crippen LogP contribution is -2.46. The van der Waals surface area contributed by atoms with Crippen LogP contribution in [0, 0.1) is 5.92 Å². The van der Waals surface area contributed by atoms with E-state index in [1.165, 1.54) is 37.9 Å². The van der Waals surface area contributed by atoms with Crippen LogP contribution in [0.1, 0.15) is 38.7 Å².